The summed E-state index contributed by atoms with van der Waals surface area (Å²) in [5, 5.41) is 11.9. The van der Waals surface area contributed by atoms with Gasteiger partial charge >= 0.3 is 0 Å². The number of nitrogens with zero attached hydrogens (tertiary/aromatic N) is 3. The van der Waals surface area contributed by atoms with Crippen LogP contribution in [0.3, 0.4) is 0 Å². The SMILES string of the molecule is COc1cc(-c2nnc(SCC(=O)N[C@@H](C)C(C)C)n2-c2ccccc2F)cc(OC)c1OC. The van der Waals surface area contributed by atoms with Crippen molar-refractivity contribution in [1.82, 2.24) is 20.1 Å². The Hall–Kier alpha value is -3.27. The fourth-order valence-electron chi connectivity index (χ4n) is 3.20. The van der Waals surface area contributed by atoms with Gasteiger partial charge in [-0.3, -0.25) is 9.36 Å². The molecule has 0 aliphatic rings. The molecule has 0 aliphatic carbocycles. The molecule has 0 radical (unpaired) electrons. The van der Waals surface area contributed by atoms with Gasteiger partial charge < -0.3 is 19.5 Å². The van der Waals surface area contributed by atoms with Gasteiger partial charge in [-0.2, -0.15) is 0 Å². The summed E-state index contributed by atoms with van der Waals surface area (Å²) in [7, 11) is 4.54. The first-order chi connectivity index (χ1) is 16.3. The van der Waals surface area contributed by atoms with Gasteiger partial charge in [-0.25, -0.2) is 4.39 Å². The Balaban J connectivity index is 2.06. The number of carbonyl (C=O) groups excluding carboxylic acids is 1. The lowest BCUT2D eigenvalue weighted by atomic mass is 10.1. The summed E-state index contributed by atoms with van der Waals surface area (Å²) in [6, 6.07) is 9.79. The van der Waals surface area contributed by atoms with Crippen molar-refractivity contribution in [2.45, 2.75) is 32.0 Å². The Morgan fingerprint density at radius 1 is 1.06 bits per heavy atom. The van der Waals surface area contributed by atoms with E-state index in [1.165, 1.54) is 39.2 Å². The summed E-state index contributed by atoms with van der Waals surface area (Å²) in [5.41, 5.74) is 0.838. The van der Waals surface area contributed by atoms with Gasteiger partial charge in [-0.05, 0) is 37.1 Å². The number of carbonyl (C=O) groups is 1. The molecule has 8 nitrogen and oxygen atoms in total. The Morgan fingerprint density at radius 2 is 1.71 bits per heavy atom. The molecule has 1 N–H and O–H groups in total. The molecule has 0 fully saturated rings. The summed E-state index contributed by atoms with van der Waals surface area (Å²) in [6.45, 7) is 6.03. The van der Waals surface area contributed by atoms with E-state index in [4.69, 9.17) is 14.2 Å². The number of aromatic nitrogens is 3. The van der Waals surface area contributed by atoms with E-state index in [0.29, 0.717) is 39.7 Å². The number of hydrogen-bond donors (Lipinski definition) is 1. The highest BCUT2D eigenvalue weighted by atomic mass is 32.2. The molecular formula is C24H29FN4O4S. The lowest BCUT2D eigenvalue weighted by molar-refractivity contribution is -0.119. The first-order valence-electron chi connectivity index (χ1n) is 10.7. The number of hydrogen-bond acceptors (Lipinski definition) is 7. The minimum absolute atomic E-state index is 0.0346. The lowest BCUT2D eigenvalue weighted by Crippen LogP contribution is -2.37. The van der Waals surface area contributed by atoms with Crippen molar-refractivity contribution < 1.29 is 23.4 Å². The van der Waals surface area contributed by atoms with Gasteiger partial charge in [0.25, 0.3) is 0 Å². The molecular weight excluding hydrogens is 459 g/mol. The van der Waals surface area contributed by atoms with Crippen molar-refractivity contribution in [2.75, 3.05) is 27.1 Å². The Morgan fingerprint density at radius 3 is 2.26 bits per heavy atom. The zero-order valence-electron chi connectivity index (χ0n) is 20.1. The van der Waals surface area contributed by atoms with Gasteiger partial charge in [0, 0.05) is 11.6 Å². The van der Waals surface area contributed by atoms with Crippen LogP contribution in [0.5, 0.6) is 17.2 Å². The third-order valence-corrected chi connectivity index (χ3v) is 6.30. The molecule has 0 spiro atoms. The highest BCUT2D eigenvalue weighted by molar-refractivity contribution is 7.99. The highest BCUT2D eigenvalue weighted by Crippen LogP contribution is 2.41. The van der Waals surface area contributed by atoms with E-state index in [0.717, 1.165) is 0 Å². The quantitative estimate of drug-likeness (QED) is 0.425. The van der Waals surface area contributed by atoms with Crippen LogP contribution >= 0.6 is 11.8 Å². The third kappa shape index (κ3) is 5.44. The van der Waals surface area contributed by atoms with Gasteiger partial charge in [0.05, 0.1) is 32.8 Å². The van der Waals surface area contributed by atoms with Crippen LogP contribution in [-0.2, 0) is 4.79 Å². The van der Waals surface area contributed by atoms with Gasteiger partial charge in [0.2, 0.25) is 11.7 Å². The number of halogens is 1. The second-order valence-electron chi connectivity index (χ2n) is 7.90. The molecule has 3 rings (SSSR count). The maximum Gasteiger partial charge on any atom is 0.230 e. The summed E-state index contributed by atoms with van der Waals surface area (Å²) in [5.74, 6) is 1.48. The third-order valence-electron chi connectivity index (χ3n) is 5.37. The molecule has 0 bridgehead atoms. The number of nitrogens with one attached hydrogen (secondary N) is 1. The second kappa shape index (κ2) is 11.2. The van der Waals surface area contributed by atoms with Crippen molar-refractivity contribution >= 4 is 17.7 Å². The molecule has 182 valence electrons. The number of methoxy groups -OCH3 is 3. The largest absolute Gasteiger partial charge is 0.493 e. The molecule has 1 amide bonds. The number of ether oxygens (including phenoxy) is 3. The van der Waals surface area contributed by atoms with Gasteiger partial charge in [-0.15, -0.1) is 10.2 Å². The van der Waals surface area contributed by atoms with Crippen LogP contribution in [-0.4, -0.2) is 53.8 Å². The zero-order valence-corrected chi connectivity index (χ0v) is 20.9. The van der Waals surface area contributed by atoms with E-state index < -0.39 is 5.82 Å². The van der Waals surface area contributed by atoms with E-state index in [9.17, 15) is 9.18 Å². The van der Waals surface area contributed by atoms with Crippen LogP contribution in [0.25, 0.3) is 17.1 Å². The minimum Gasteiger partial charge on any atom is -0.493 e. The van der Waals surface area contributed by atoms with Crippen molar-refractivity contribution in [3.63, 3.8) is 0 Å². The molecule has 1 aromatic heterocycles. The molecule has 10 heteroatoms. The topological polar surface area (TPSA) is 87.5 Å². The smallest absolute Gasteiger partial charge is 0.230 e. The monoisotopic (exact) mass is 488 g/mol. The number of rotatable bonds is 10. The normalized spacial score (nSPS) is 11.9. The molecule has 1 atom stereocenters. The summed E-state index contributed by atoms with van der Waals surface area (Å²) in [4.78, 5) is 12.4. The average Bonchev–Trinajstić information content (AvgIpc) is 3.25. The molecule has 2 aromatic carbocycles. The first-order valence-corrected chi connectivity index (χ1v) is 11.7. The average molecular weight is 489 g/mol. The molecule has 1 heterocycles. The number of para-hydroxylation sites is 1. The minimum atomic E-state index is -0.448. The molecule has 0 saturated heterocycles. The standard InChI is InChI=1S/C24H29FN4O4S/c1-14(2)15(3)26-21(30)13-34-24-28-27-23(29(24)18-10-8-7-9-17(18)25)16-11-19(31-4)22(33-6)20(12-16)32-5/h7-12,14-15H,13H2,1-6H3,(H,26,30)/t15-/m0/s1. The summed E-state index contributed by atoms with van der Waals surface area (Å²) in [6.07, 6.45) is 0. The molecule has 34 heavy (non-hydrogen) atoms. The fourth-order valence-corrected chi connectivity index (χ4v) is 3.96. The van der Waals surface area contributed by atoms with Crippen LogP contribution in [0.1, 0.15) is 20.8 Å². The van der Waals surface area contributed by atoms with E-state index >= 15 is 0 Å². The molecule has 0 aliphatic heterocycles. The van der Waals surface area contributed by atoms with Crippen molar-refractivity contribution in [2.24, 2.45) is 5.92 Å². The predicted molar refractivity (Wildman–Crippen MR) is 130 cm³/mol. The second-order valence-corrected chi connectivity index (χ2v) is 8.84. The van der Waals surface area contributed by atoms with Gasteiger partial charge in [-0.1, -0.05) is 37.7 Å². The van der Waals surface area contributed by atoms with Crippen LogP contribution in [0, 0.1) is 11.7 Å². The first kappa shape index (κ1) is 25.4. The van der Waals surface area contributed by atoms with Crippen LogP contribution in [0.15, 0.2) is 41.6 Å². The van der Waals surface area contributed by atoms with Crippen molar-refractivity contribution in [3.8, 4) is 34.3 Å². The summed E-state index contributed by atoms with van der Waals surface area (Å²) < 4.78 is 32.8. The number of thioether (sulfide) groups is 1. The molecule has 0 saturated carbocycles. The maximum absolute atomic E-state index is 14.9. The maximum atomic E-state index is 14.9. The van der Waals surface area contributed by atoms with Crippen LogP contribution in [0.2, 0.25) is 0 Å². The van der Waals surface area contributed by atoms with E-state index in [2.05, 4.69) is 15.5 Å². The Kier molecular flexibility index (Phi) is 8.38. The van der Waals surface area contributed by atoms with E-state index in [1.807, 2.05) is 20.8 Å². The van der Waals surface area contributed by atoms with Crippen LogP contribution in [0.4, 0.5) is 4.39 Å². The lowest BCUT2D eigenvalue weighted by Gasteiger charge is -2.17. The molecule has 3 aromatic rings. The summed E-state index contributed by atoms with van der Waals surface area (Å²) >= 11 is 1.18. The number of benzene rings is 2. The van der Waals surface area contributed by atoms with Gasteiger partial charge in [0.15, 0.2) is 22.5 Å². The van der Waals surface area contributed by atoms with Crippen molar-refractivity contribution in [3.05, 3.63) is 42.2 Å². The Labute approximate surface area is 202 Å². The van der Waals surface area contributed by atoms with E-state index in [1.54, 1.807) is 34.9 Å². The highest BCUT2D eigenvalue weighted by Gasteiger charge is 2.23. The predicted octanol–water partition coefficient (Wildman–Crippen LogP) is 4.35. The fraction of sp³-hybridized carbons (Fsp3) is 0.375. The van der Waals surface area contributed by atoms with Crippen LogP contribution < -0.4 is 19.5 Å². The van der Waals surface area contributed by atoms with Crippen molar-refractivity contribution in [1.29, 1.82) is 0 Å². The zero-order chi connectivity index (χ0) is 24.8. The molecule has 0 unspecified atom stereocenters. The van der Waals surface area contributed by atoms with Gasteiger partial charge in [0.1, 0.15) is 5.82 Å². The number of amides is 1. The van der Waals surface area contributed by atoms with E-state index in [-0.39, 0.29) is 23.4 Å². The Bertz CT molecular complexity index is 1130.